The molecule has 3 aromatic rings. The van der Waals surface area contributed by atoms with E-state index in [4.69, 9.17) is 13.9 Å². The summed E-state index contributed by atoms with van der Waals surface area (Å²) in [4.78, 5) is 12.5. The molecule has 0 saturated carbocycles. The third-order valence-corrected chi connectivity index (χ3v) is 4.88. The van der Waals surface area contributed by atoms with E-state index in [1.54, 1.807) is 18.2 Å². The lowest BCUT2D eigenvalue weighted by Crippen LogP contribution is -2.16. The van der Waals surface area contributed by atoms with Crippen LogP contribution in [-0.4, -0.2) is 19.1 Å². The number of para-hydroxylation sites is 1. The topological polar surface area (TPSA) is 60.7 Å². The van der Waals surface area contributed by atoms with Crippen LogP contribution < -0.4 is 14.8 Å². The van der Waals surface area contributed by atoms with E-state index in [-0.39, 0.29) is 11.7 Å². The van der Waals surface area contributed by atoms with Crippen LogP contribution in [0.5, 0.6) is 11.5 Å². The Bertz CT molecular complexity index is 951. The number of hydrogen-bond acceptors (Lipinski definition) is 4. The minimum Gasteiger partial charge on any atom is -0.486 e. The Kier molecular flexibility index (Phi) is 3.97. The van der Waals surface area contributed by atoms with E-state index in [0.29, 0.717) is 40.5 Å². The number of nitrogens with one attached hydrogen (secondary N) is 1. The minimum atomic E-state index is -0.338. The number of carbonyl (C=O) groups is 1. The summed E-state index contributed by atoms with van der Waals surface area (Å²) in [5.74, 6) is 1.15. The predicted octanol–water partition coefficient (Wildman–Crippen LogP) is 4.98. The molecule has 0 saturated heterocycles. The molecule has 1 aromatic heterocycles. The first-order valence-electron chi connectivity index (χ1n) is 7.20. The molecule has 2 heterocycles. The van der Waals surface area contributed by atoms with Gasteiger partial charge in [-0.05, 0) is 44.0 Å². The molecule has 1 aliphatic heterocycles. The van der Waals surface area contributed by atoms with Gasteiger partial charge in [0, 0.05) is 22.0 Å². The maximum Gasteiger partial charge on any atom is 0.291 e. The maximum atomic E-state index is 12.5. The molecule has 1 N–H and O–H groups in total. The van der Waals surface area contributed by atoms with Gasteiger partial charge in [-0.2, -0.15) is 0 Å². The summed E-state index contributed by atoms with van der Waals surface area (Å²) >= 11 is 6.85. The highest BCUT2D eigenvalue weighted by atomic mass is 79.9. The molecule has 0 spiro atoms. The van der Waals surface area contributed by atoms with Gasteiger partial charge in [0.05, 0.1) is 10.2 Å². The molecule has 0 radical (unpaired) electrons. The van der Waals surface area contributed by atoms with Crippen molar-refractivity contribution in [2.24, 2.45) is 0 Å². The van der Waals surface area contributed by atoms with Crippen LogP contribution in [0.4, 0.5) is 5.69 Å². The number of anilines is 1. The van der Waals surface area contributed by atoms with Crippen molar-refractivity contribution in [2.45, 2.75) is 0 Å². The lowest BCUT2D eigenvalue weighted by atomic mass is 10.2. The monoisotopic (exact) mass is 451 g/mol. The van der Waals surface area contributed by atoms with Crippen LogP contribution in [0.3, 0.4) is 0 Å². The lowest BCUT2D eigenvalue weighted by molar-refractivity contribution is 0.0998. The second-order valence-corrected chi connectivity index (χ2v) is 6.91. The summed E-state index contributed by atoms with van der Waals surface area (Å²) in [6, 6.07) is 10.9. The first-order valence-corrected chi connectivity index (χ1v) is 8.79. The Balaban J connectivity index is 1.64. The predicted molar refractivity (Wildman–Crippen MR) is 97.0 cm³/mol. The average Bonchev–Trinajstić information content (AvgIpc) is 3.01. The standard InChI is InChI=1S/C17H11Br2NO4/c18-10-3-1-2-9-6-15(24-16(9)10)17(21)20-12-8-14-13(7-11(12)19)22-4-5-23-14/h1-3,6-8H,4-5H2,(H,20,21). The summed E-state index contributed by atoms with van der Waals surface area (Å²) in [6.45, 7) is 0.999. The van der Waals surface area contributed by atoms with Crippen LogP contribution >= 0.6 is 31.9 Å². The van der Waals surface area contributed by atoms with E-state index in [1.165, 1.54) is 0 Å². The molecular weight excluding hydrogens is 442 g/mol. The van der Waals surface area contributed by atoms with Gasteiger partial charge in [0.15, 0.2) is 17.3 Å². The van der Waals surface area contributed by atoms with E-state index >= 15 is 0 Å². The van der Waals surface area contributed by atoms with Gasteiger partial charge in [-0.3, -0.25) is 4.79 Å². The van der Waals surface area contributed by atoms with Crippen molar-refractivity contribution < 1.29 is 18.7 Å². The number of ether oxygens (including phenoxy) is 2. The van der Waals surface area contributed by atoms with Gasteiger partial charge in [-0.1, -0.05) is 12.1 Å². The Morgan fingerprint density at radius 3 is 2.50 bits per heavy atom. The van der Waals surface area contributed by atoms with E-state index in [2.05, 4.69) is 37.2 Å². The van der Waals surface area contributed by atoms with Crippen molar-refractivity contribution in [3.63, 3.8) is 0 Å². The van der Waals surface area contributed by atoms with Crippen molar-refractivity contribution in [1.82, 2.24) is 0 Å². The van der Waals surface area contributed by atoms with Crippen LogP contribution in [0, 0.1) is 0 Å². The minimum absolute atomic E-state index is 0.235. The van der Waals surface area contributed by atoms with E-state index in [9.17, 15) is 4.79 Å². The second kappa shape index (κ2) is 6.14. The summed E-state index contributed by atoms with van der Waals surface area (Å²) in [6.07, 6.45) is 0. The third-order valence-electron chi connectivity index (χ3n) is 3.60. The summed E-state index contributed by atoms with van der Waals surface area (Å²) in [5.41, 5.74) is 1.23. The number of benzene rings is 2. The summed E-state index contributed by atoms with van der Waals surface area (Å²) < 4.78 is 18.2. The zero-order chi connectivity index (χ0) is 16.7. The van der Waals surface area contributed by atoms with Gasteiger partial charge in [0.25, 0.3) is 5.91 Å². The molecule has 0 fully saturated rings. The number of halogens is 2. The lowest BCUT2D eigenvalue weighted by Gasteiger charge is -2.19. The highest BCUT2D eigenvalue weighted by molar-refractivity contribution is 9.11. The first-order chi connectivity index (χ1) is 11.6. The fraction of sp³-hybridized carbons (Fsp3) is 0.118. The number of hydrogen-bond donors (Lipinski definition) is 1. The molecule has 5 nitrogen and oxygen atoms in total. The van der Waals surface area contributed by atoms with Crippen molar-refractivity contribution in [2.75, 3.05) is 18.5 Å². The van der Waals surface area contributed by atoms with Gasteiger partial charge < -0.3 is 19.2 Å². The van der Waals surface area contributed by atoms with E-state index in [0.717, 1.165) is 9.86 Å². The van der Waals surface area contributed by atoms with Crippen LogP contribution in [0.25, 0.3) is 11.0 Å². The first kappa shape index (κ1) is 15.5. The average molecular weight is 453 g/mol. The number of rotatable bonds is 2. The largest absolute Gasteiger partial charge is 0.486 e. The Labute approximate surface area is 154 Å². The van der Waals surface area contributed by atoms with Gasteiger partial charge in [-0.15, -0.1) is 0 Å². The maximum absolute atomic E-state index is 12.5. The molecule has 24 heavy (non-hydrogen) atoms. The van der Waals surface area contributed by atoms with Gasteiger partial charge in [-0.25, -0.2) is 0 Å². The smallest absolute Gasteiger partial charge is 0.291 e. The molecule has 122 valence electrons. The molecule has 0 aliphatic carbocycles. The molecule has 2 aromatic carbocycles. The SMILES string of the molecule is O=C(Nc1cc2c(cc1Br)OCCO2)c1cc2cccc(Br)c2o1. The van der Waals surface area contributed by atoms with Gasteiger partial charge in [0.2, 0.25) is 0 Å². The van der Waals surface area contributed by atoms with Crippen molar-refractivity contribution in [3.8, 4) is 11.5 Å². The number of fused-ring (bicyclic) bond motifs is 2. The van der Waals surface area contributed by atoms with E-state index < -0.39 is 0 Å². The molecule has 1 amide bonds. The molecule has 4 rings (SSSR count). The summed E-state index contributed by atoms with van der Waals surface area (Å²) in [7, 11) is 0. The summed E-state index contributed by atoms with van der Waals surface area (Å²) in [5, 5.41) is 3.68. The molecular formula is C17H11Br2NO4. The molecule has 0 atom stereocenters. The zero-order valence-electron chi connectivity index (χ0n) is 12.3. The normalized spacial score (nSPS) is 13.1. The second-order valence-electron chi connectivity index (χ2n) is 5.20. The van der Waals surface area contributed by atoms with Crippen LogP contribution in [0.15, 0.2) is 49.8 Å². The fourth-order valence-electron chi connectivity index (χ4n) is 2.48. The quantitative estimate of drug-likeness (QED) is 0.595. The van der Waals surface area contributed by atoms with E-state index in [1.807, 2.05) is 18.2 Å². The molecule has 0 bridgehead atoms. The Morgan fingerprint density at radius 1 is 1.00 bits per heavy atom. The van der Waals surface area contributed by atoms with Crippen LogP contribution in [0.2, 0.25) is 0 Å². The number of amides is 1. The Hall–Kier alpha value is -1.99. The van der Waals surface area contributed by atoms with Crippen molar-refractivity contribution >= 4 is 54.4 Å². The van der Waals surface area contributed by atoms with Crippen LogP contribution in [0.1, 0.15) is 10.6 Å². The fourth-order valence-corrected chi connectivity index (χ4v) is 3.37. The zero-order valence-corrected chi connectivity index (χ0v) is 15.4. The molecule has 1 aliphatic rings. The Morgan fingerprint density at radius 2 is 1.75 bits per heavy atom. The molecule has 7 heteroatoms. The highest BCUT2D eigenvalue weighted by Crippen LogP contribution is 2.38. The highest BCUT2D eigenvalue weighted by Gasteiger charge is 2.19. The van der Waals surface area contributed by atoms with Gasteiger partial charge in [0.1, 0.15) is 18.8 Å². The number of furan rings is 1. The van der Waals surface area contributed by atoms with Crippen molar-refractivity contribution in [1.29, 1.82) is 0 Å². The third kappa shape index (κ3) is 2.78. The number of carbonyl (C=O) groups excluding carboxylic acids is 1. The van der Waals surface area contributed by atoms with Crippen molar-refractivity contribution in [3.05, 3.63) is 51.1 Å². The molecule has 0 unspecified atom stereocenters. The van der Waals surface area contributed by atoms with Crippen LogP contribution in [-0.2, 0) is 0 Å². The van der Waals surface area contributed by atoms with Gasteiger partial charge >= 0.3 is 0 Å².